The van der Waals surface area contributed by atoms with Gasteiger partial charge in [-0.15, -0.1) is 0 Å². The molecule has 0 aliphatic carbocycles. The first-order valence-electron chi connectivity index (χ1n) is 5.41. The number of benzene rings is 1. The molecule has 15 heavy (non-hydrogen) atoms. The predicted molar refractivity (Wildman–Crippen MR) is 66.3 cm³/mol. The molecule has 0 aromatic heterocycles. The Hall–Kier alpha value is -1.24. The van der Waals surface area contributed by atoms with Crippen molar-refractivity contribution in [3.8, 4) is 5.75 Å². The van der Waals surface area contributed by atoms with E-state index in [2.05, 4.69) is 40.3 Å². The maximum absolute atomic E-state index is 5.92. The lowest BCUT2D eigenvalue weighted by Gasteiger charge is -2.23. The smallest absolute Gasteiger partial charge is 0.123 e. The second kappa shape index (κ2) is 4.52. The summed E-state index contributed by atoms with van der Waals surface area (Å²) in [5.41, 5.74) is 2.26. The Morgan fingerprint density at radius 1 is 1.33 bits per heavy atom. The Kier molecular flexibility index (Phi) is 3.57. The van der Waals surface area contributed by atoms with E-state index in [4.69, 9.17) is 4.74 Å². The van der Waals surface area contributed by atoms with Gasteiger partial charge in [-0.2, -0.15) is 0 Å². The monoisotopic (exact) mass is 204 g/mol. The second-order valence-corrected chi connectivity index (χ2v) is 4.60. The first kappa shape index (κ1) is 11.8. The highest BCUT2D eigenvalue weighted by atomic mass is 16.5. The number of ether oxygens (including phenoxy) is 1. The van der Waals surface area contributed by atoms with Gasteiger partial charge in [0.25, 0.3) is 0 Å². The van der Waals surface area contributed by atoms with Crippen molar-refractivity contribution in [3.63, 3.8) is 0 Å². The van der Waals surface area contributed by atoms with Gasteiger partial charge in [0, 0.05) is 5.56 Å². The first-order chi connectivity index (χ1) is 6.98. The normalized spacial score (nSPS) is 11.2. The van der Waals surface area contributed by atoms with Gasteiger partial charge in [-0.05, 0) is 38.8 Å². The summed E-state index contributed by atoms with van der Waals surface area (Å²) < 4.78 is 5.92. The molecule has 1 nitrogen and oxygen atoms in total. The Balaban J connectivity index is 3.12. The molecular formula is C14H20O. The summed E-state index contributed by atoms with van der Waals surface area (Å²) in [7, 11) is 0. The molecule has 0 bridgehead atoms. The van der Waals surface area contributed by atoms with Crippen LogP contribution in [-0.4, -0.2) is 5.60 Å². The van der Waals surface area contributed by atoms with Crippen LogP contribution in [0.5, 0.6) is 5.75 Å². The lowest BCUT2D eigenvalue weighted by atomic mass is 10.0. The third-order valence-corrected chi connectivity index (χ3v) is 2.16. The molecule has 0 amide bonds. The molecule has 1 aromatic carbocycles. The Morgan fingerprint density at radius 3 is 2.47 bits per heavy atom. The van der Waals surface area contributed by atoms with Crippen molar-refractivity contribution in [2.45, 2.75) is 39.7 Å². The van der Waals surface area contributed by atoms with Crippen LogP contribution in [0.25, 0.3) is 6.08 Å². The van der Waals surface area contributed by atoms with Gasteiger partial charge in [-0.3, -0.25) is 0 Å². The molecule has 0 N–H and O–H groups in total. The third-order valence-electron chi connectivity index (χ3n) is 2.16. The van der Waals surface area contributed by atoms with E-state index in [1.54, 1.807) is 0 Å². The van der Waals surface area contributed by atoms with Crippen molar-refractivity contribution >= 4 is 6.08 Å². The van der Waals surface area contributed by atoms with Gasteiger partial charge in [0.2, 0.25) is 0 Å². The van der Waals surface area contributed by atoms with Crippen LogP contribution in [0.3, 0.4) is 0 Å². The molecule has 0 saturated carbocycles. The van der Waals surface area contributed by atoms with Gasteiger partial charge in [-0.1, -0.05) is 31.7 Å². The molecule has 82 valence electrons. The fourth-order valence-corrected chi connectivity index (χ4v) is 1.58. The summed E-state index contributed by atoms with van der Waals surface area (Å²) >= 11 is 0. The van der Waals surface area contributed by atoms with Crippen LogP contribution in [0, 0.1) is 0 Å². The first-order valence-corrected chi connectivity index (χ1v) is 5.41. The SMILES string of the molecule is C=Cc1cccc(OC(C)(C)C)c1CC. The largest absolute Gasteiger partial charge is 0.488 e. The number of hydrogen-bond acceptors (Lipinski definition) is 1. The fraction of sp³-hybridized carbons (Fsp3) is 0.429. The van der Waals surface area contributed by atoms with E-state index in [1.165, 1.54) is 11.1 Å². The lowest BCUT2D eigenvalue weighted by molar-refractivity contribution is 0.129. The van der Waals surface area contributed by atoms with E-state index in [9.17, 15) is 0 Å². The zero-order valence-corrected chi connectivity index (χ0v) is 10.1. The molecule has 0 aliphatic heterocycles. The van der Waals surface area contributed by atoms with Crippen LogP contribution in [0.15, 0.2) is 24.8 Å². The Bertz CT molecular complexity index is 345. The highest BCUT2D eigenvalue weighted by Crippen LogP contribution is 2.27. The van der Waals surface area contributed by atoms with E-state index in [0.29, 0.717) is 0 Å². The van der Waals surface area contributed by atoms with Crippen molar-refractivity contribution in [2.24, 2.45) is 0 Å². The van der Waals surface area contributed by atoms with Crippen molar-refractivity contribution in [2.75, 3.05) is 0 Å². The maximum Gasteiger partial charge on any atom is 0.123 e. The minimum absolute atomic E-state index is 0.149. The summed E-state index contributed by atoms with van der Waals surface area (Å²) in [5, 5.41) is 0. The number of rotatable bonds is 3. The van der Waals surface area contributed by atoms with Gasteiger partial charge >= 0.3 is 0 Å². The Labute approximate surface area is 92.8 Å². The molecule has 0 fully saturated rings. The summed E-state index contributed by atoms with van der Waals surface area (Å²) in [5.74, 6) is 0.974. The predicted octanol–water partition coefficient (Wildman–Crippen LogP) is 4.07. The van der Waals surface area contributed by atoms with Crippen LogP contribution >= 0.6 is 0 Å². The molecule has 0 heterocycles. The highest BCUT2D eigenvalue weighted by Gasteiger charge is 2.14. The van der Waals surface area contributed by atoms with Gasteiger partial charge in [-0.25, -0.2) is 0 Å². The van der Waals surface area contributed by atoms with Crippen molar-refractivity contribution in [1.29, 1.82) is 0 Å². The van der Waals surface area contributed by atoms with Crippen LogP contribution < -0.4 is 4.74 Å². The molecule has 0 spiro atoms. The van der Waals surface area contributed by atoms with E-state index >= 15 is 0 Å². The third kappa shape index (κ3) is 3.12. The van der Waals surface area contributed by atoms with Gasteiger partial charge in [0.05, 0.1) is 0 Å². The fourth-order valence-electron chi connectivity index (χ4n) is 1.58. The molecule has 1 heteroatoms. The Morgan fingerprint density at radius 2 is 2.00 bits per heavy atom. The molecule has 1 rings (SSSR count). The van der Waals surface area contributed by atoms with E-state index < -0.39 is 0 Å². The highest BCUT2D eigenvalue weighted by molar-refractivity contribution is 5.56. The average molecular weight is 204 g/mol. The second-order valence-electron chi connectivity index (χ2n) is 4.60. The van der Waals surface area contributed by atoms with Crippen molar-refractivity contribution < 1.29 is 4.74 Å². The minimum atomic E-state index is -0.149. The number of hydrogen-bond donors (Lipinski definition) is 0. The molecule has 0 radical (unpaired) electrons. The summed E-state index contributed by atoms with van der Waals surface area (Å²) in [6.07, 6.45) is 2.85. The van der Waals surface area contributed by atoms with Crippen LogP contribution in [0.1, 0.15) is 38.8 Å². The molecule has 0 atom stereocenters. The van der Waals surface area contributed by atoms with Crippen LogP contribution in [-0.2, 0) is 6.42 Å². The molecule has 1 aromatic rings. The van der Waals surface area contributed by atoms with E-state index in [0.717, 1.165) is 12.2 Å². The van der Waals surface area contributed by atoms with Crippen molar-refractivity contribution in [1.82, 2.24) is 0 Å². The standard InChI is InChI=1S/C14H20O/c1-6-11-9-8-10-13(12(11)7-2)15-14(3,4)5/h6,8-10H,1,7H2,2-5H3. The van der Waals surface area contributed by atoms with Gasteiger partial charge in [0.15, 0.2) is 0 Å². The zero-order chi connectivity index (χ0) is 11.5. The maximum atomic E-state index is 5.92. The molecular weight excluding hydrogens is 184 g/mol. The lowest BCUT2D eigenvalue weighted by Crippen LogP contribution is -2.23. The summed E-state index contributed by atoms with van der Waals surface area (Å²) in [4.78, 5) is 0. The zero-order valence-electron chi connectivity index (χ0n) is 10.1. The topological polar surface area (TPSA) is 9.23 Å². The quantitative estimate of drug-likeness (QED) is 0.721. The van der Waals surface area contributed by atoms with Crippen molar-refractivity contribution in [3.05, 3.63) is 35.9 Å². The van der Waals surface area contributed by atoms with Crippen LogP contribution in [0.2, 0.25) is 0 Å². The van der Waals surface area contributed by atoms with E-state index in [1.807, 2.05) is 18.2 Å². The molecule has 0 aliphatic rings. The average Bonchev–Trinajstić information content (AvgIpc) is 2.15. The minimum Gasteiger partial charge on any atom is -0.488 e. The van der Waals surface area contributed by atoms with Gasteiger partial charge < -0.3 is 4.74 Å². The van der Waals surface area contributed by atoms with E-state index in [-0.39, 0.29) is 5.60 Å². The molecule has 0 unspecified atom stereocenters. The van der Waals surface area contributed by atoms with Crippen LogP contribution in [0.4, 0.5) is 0 Å². The summed E-state index contributed by atoms with van der Waals surface area (Å²) in [6, 6.07) is 6.11. The summed E-state index contributed by atoms with van der Waals surface area (Å²) in [6.45, 7) is 12.1. The van der Waals surface area contributed by atoms with Gasteiger partial charge in [0.1, 0.15) is 11.4 Å². The molecule has 0 saturated heterocycles.